The molecule has 0 spiro atoms. The number of pyridine rings is 1. The molecule has 4 N–H and O–H groups in total. The Labute approximate surface area is 95.3 Å². The molecule has 0 amide bonds. The second-order valence-electron chi connectivity index (χ2n) is 3.43. The van der Waals surface area contributed by atoms with Crippen molar-refractivity contribution in [2.24, 2.45) is 5.84 Å². The van der Waals surface area contributed by atoms with E-state index in [2.05, 4.69) is 15.1 Å². The first-order valence-electron chi connectivity index (χ1n) is 4.95. The second kappa shape index (κ2) is 5.24. The van der Waals surface area contributed by atoms with Crippen molar-refractivity contribution in [2.75, 3.05) is 5.43 Å². The Hall–Kier alpha value is -1.18. The molecule has 1 aromatic heterocycles. The Kier molecular flexibility index (Phi) is 4.22. The third-order valence-electron chi connectivity index (χ3n) is 2.15. The zero-order valence-corrected chi connectivity index (χ0v) is 10.1. The number of hydrazine groups is 1. The summed E-state index contributed by atoms with van der Waals surface area (Å²) < 4.78 is 26.3. The van der Waals surface area contributed by atoms with E-state index < -0.39 is 10.0 Å². The zero-order chi connectivity index (χ0) is 12.2. The van der Waals surface area contributed by atoms with Crippen molar-refractivity contribution in [1.29, 1.82) is 0 Å². The summed E-state index contributed by atoms with van der Waals surface area (Å²) in [4.78, 5) is 3.82. The van der Waals surface area contributed by atoms with Crippen molar-refractivity contribution in [1.82, 2.24) is 9.71 Å². The van der Waals surface area contributed by atoms with Crippen LogP contribution < -0.4 is 16.0 Å². The van der Waals surface area contributed by atoms with Gasteiger partial charge in [0.05, 0.1) is 5.69 Å². The summed E-state index contributed by atoms with van der Waals surface area (Å²) in [5.41, 5.74) is 2.59. The van der Waals surface area contributed by atoms with Gasteiger partial charge in [-0.3, -0.25) is 5.84 Å². The fraction of sp³-hybridized carbons (Fsp3) is 0.444. The fourth-order valence-electron chi connectivity index (χ4n) is 1.12. The predicted molar refractivity (Wildman–Crippen MR) is 62.1 cm³/mol. The van der Waals surface area contributed by atoms with Crippen LogP contribution >= 0.6 is 0 Å². The Morgan fingerprint density at radius 1 is 1.56 bits per heavy atom. The number of nitrogens with one attached hydrogen (secondary N) is 2. The Bertz CT molecular complexity index is 447. The molecule has 6 nitrogen and oxygen atoms in total. The first-order valence-corrected chi connectivity index (χ1v) is 6.43. The van der Waals surface area contributed by atoms with Crippen LogP contribution in [0.1, 0.15) is 20.3 Å². The number of rotatable bonds is 5. The van der Waals surface area contributed by atoms with Crippen molar-refractivity contribution < 1.29 is 8.42 Å². The molecule has 0 aliphatic heterocycles. The van der Waals surface area contributed by atoms with Gasteiger partial charge in [-0.1, -0.05) is 6.92 Å². The number of hydrogen-bond acceptors (Lipinski definition) is 5. The number of aromatic nitrogens is 1. The first kappa shape index (κ1) is 12.9. The number of nitrogens with two attached hydrogens (primary N) is 1. The van der Waals surface area contributed by atoms with Gasteiger partial charge in [-0.05, 0) is 25.5 Å². The molecule has 0 saturated heterocycles. The quantitative estimate of drug-likeness (QED) is 0.516. The first-order chi connectivity index (χ1) is 7.51. The largest absolute Gasteiger partial charge is 0.321 e. The highest BCUT2D eigenvalue weighted by Crippen LogP contribution is 2.16. The van der Waals surface area contributed by atoms with E-state index in [0.29, 0.717) is 6.42 Å². The van der Waals surface area contributed by atoms with Crippen molar-refractivity contribution in [3.05, 3.63) is 18.3 Å². The number of anilines is 1. The molecule has 0 aliphatic carbocycles. The average Bonchev–Trinajstić information content (AvgIpc) is 2.28. The zero-order valence-electron chi connectivity index (χ0n) is 9.27. The van der Waals surface area contributed by atoms with Gasteiger partial charge >= 0.3 is 0 Å². The van der Waals surface area contributed by atoms with E-state index >= 15 is 0 Å². The molecule has 1 rings (SSSR count). The summed E-state index contributed by atoms with van der Waals surface area (Å²) in [5, 5.41) is -0.0854. The minimum Gasteiger partial charge on any atom is -0.321 e. The number of hydrogen-bond donors (Lipinski definition) is 3. The third kappa shape index (κ3) is 2.91. The summed E-state index contributed by atoms with van der Waals surface area (Å²) in [6, 6.07) is 3.02. The van der Waals surface area contributed by atoms with Crippen LogP contribution in [0.5, 0.6) is 0 Å². The van der Waals surface area contributed by atoms with E-state index in [0.717, 1.165) is 0 Å². The smallest absolute Gasteiger partial charge is 0.260 e. The van der Waals surface area contributed by atoms with Crippen molar-refractivity contribution in [2.45, 2.75) is 31.3 Å². The van der Waals surface area contributed by atoms with Crippen LogP contribution in [0.15, 0.2) is 23.4 Å². The van der Waals surface area contributed by atoms with E-state index in [4.69, 9.17) is 5.84 Å². The molecular formula is C9H16N4O2S. The van der Waals surface area contributed by atoms with Gasteiger partial charge in [0.2, 0.25) is 0 Å². The molecule has 0 saturated carbocycles. The molecule has 1 atom stereocenters. The lowest BCUT2D eigenvalue weighted by Crippen LogP contribution is -2.33. The molecule has 16 heavy (non-hydrogen) atoms. The fourth-order valence-corrected chi connectivity index (χ4v) is 2.54. The lowest BCUT2D eigenvalue weighted by atomic mass is 10.3. The van der Waals surface area contributed by atoms with Crippen molar-refractivity contribution >= 4 is 15.7 Å². The molecule has 7 heteroatoms. The monoisotopic (exact) mass is 244 g/mol. The molecule has 1 unspecified atom stereocenters. The van der Waals surface area contributed by atoms with E-state index in [-0.39, 0.29) is 16.8 Å². The minimum absolute atomic E-state index is 0.0854. The molecule has 0 aliphatic rings. The molecular weight excluding hydrogens is 228 g/mol. The van der Waals surface area contributed by atoms with Gasteiger partial charge in [-0.15, -0.1) is 0 Å². The normalized spacial score (nSPS) is 13.4. The maximum Gasteiger partial charge on any atom is 0.260 e. The molecule has 0 radical (unpaired) electrons. The Balaban J connectivity index is 3.07. The highest BCUT2D eigenvalue weighted by Gasteiger charge is 2.21. The summed E-state index contributed by atoms with van der Waals surface area (Å²) in [6.45, 7) is 3.68. The molecule has 90 valence electrons. The highest BCUT2D eigenvalue weighted by molar-refractivity contribution is 7.89. The topological polar surface area (TPSA) is 97.1 Å². The molecule has 0 aromatic carbocycles. The van der Waals surface area contributed by atoms with E-state index in [1.54, 1.807) is 19.1 Å². The van der Waals surface area contributed by atoms with Gasteiger partial charge in [0.25, 0.3) is 10.0 Å². The summed E-state index contributed by atoms with van der Waals surface area (Å²) >= 11 is 0. The van der Waals surface area contributed by atoms with Crippen LogP contribution in [0, 0.1) is 0 Å². The van der Waals surface area contributed by atoms with Crippen LogP contribution in [0.25, 0.3) is 0 Å². The maximum atomic E-state index is 11.9. The molecule has 0 bridgehead atoms. The predicted octanol–water partition coefficient (Wildman–Crippen LogP) is 0.444. The molecule has 1 heterocycles. The summed E-state index contributed by atoms with van der Waals surface area (Å²) in [6.07, 6.45) is 2.11. The molecule has 0 fully saturated rings. The summed E-state index contributed by atoms with van der Waals surface area (Å²) in [5.74, 6) is 5.23. The summed E-state index contributed by atoms with van der Waals surface area (Å²) in [7, 11) is -3.62. The van der Waals surface area contributed by atoms with E-state index in [1.165, 1.54) is 6.20 Å². The minimum atomic E-state index is -3.62. The Morgan fingerprint density at radius 2 is 2.25 bits per heavy atom. The van der Waals surface area contributed by atoms with Gasteiger partial charge in [0.1, 0.15) is 0 Å². The van der Waals surface area contributed by atoms with Crippen LogP contribution in [0.3, 0.4) is 0 Å². The van der Waals surface area contributed by atoms with E-state index in [9.17, 15) is 8.42 Å². The van der Waals surface area contributed by atoms with Crippen LogP contribution in [-0.4, -0.2) is 19.4 Å². The van der Waals surface area contributed by atoms with Crippen LogP contribution in [-0.2, 0) is 10.0 Å². The Morgan fingerprint density at radius 3 is 2.81 bits per heavy atom. The van der Waals surface area contributed by atoms with Gasteiger partial charge < -0.3 is 5.43 Å². The van der Waals surface area contributed by atoms with Gasteiger partial charge in [-0.2, -0.15) is 0 Å². The SMILES string of the molecule is CCC(C)NS(=O)(=O)c1ncccc1NN. The lowest BCUT2D eigenvalue weighted by molar-refractivity contribution is 0.553. The second-order valence-corrected chi connectivity index (χ2v) is 5.06. The lowest BCUT2D eigenvalue weighted by Gasteiger charge is -2.13. The van der Waals surface area contributed by atoms with Gasteiger partial charge in [-0.25, -0.2) is 18.1 Å². The van der Waals surface area contributed by atoms with Crippen LogP contribution in [0.4, 0.5) is 5.69 Å². The average molecular weight is 244 g/mol. The standard InChI is InChI=1S/C9H16N4O2S/c1-3-7(2)13-16(14,15)9-8(12-10)5-4-6-11-9/h4-7,12-13H,3,10H2,1-2H3. The highest BCUT2D eigenvalue weighted by atomic mass is 32.2. The molecule has 1 aromatic rings. The van der Waals surface area contributed by atoms with Crippen LogP contribution in [0.2, 0.25) is 0 Å². The third-order valence-corrected chi connectivity index (χ3v) is 3.70. The number of nitrogen functional groups attached to an aromatic ring is 1. The van der Waals surface area contributed by atoms with Gasteiger partial charge in [0, 0.05) is 12.2 Å². The van der Waals surface area contributed by atoms with Crippen molar-refractivity contribution in [3.8, 4) is 0 Å². The van der Waals surface area contributed by atoms with E-state index in [1.807, 2.05) is 6.92 Å². The van der Waals surface area contributed by atoms with Crippen molar-refractivity contribution in [3.63, 3.8) is 0 Å². The number of nitrogens with zero attached hydrogens (tertiary/aromatic N) is 1. The number of sulfonamides is 1. The maximum absolute atomic E-state index is 11.9. The van der Waals surface area contributed by atoms with Gasteiger partial charge in [0.15, 0.2) is 5.03 Å².